The van der Waals surface area contributed by atoms with Gasteiger partial charge in [-0.2, -0.15) is 0 Å². The Morgan fingerprint density at radius 1 is 0.875 bits per heavy atom. The van der Waals surface area contributed by atoms with Gasteiger partial charge in [-0.15, -0.1) is 0 Å². The van der Waals surface area contributed by atoms with Crippen LogP contribution in [0.5, 0.6) is 0 Å². The fourth-order valence-electron chi connectivity index (χ4n) is 3.21. The number of nitrogens with one attached hydrogen (secondary N) is 1. The summed E-state index contributed by atoms with van der Waals surface area (Å²) in [5, 5.41) is 6.80. The van der Waals surface area contributed by atoms with Gasteiger partial charge in [0.25, 0.3) is 5.91 Å². The van der Waals surface area contributed by atoms with Crippen LogP contribution < -0.4 is 5.32 Å². The third-order valence-corrected chi connectivity index (χ3v) is 4.86. The van der Waals surface area contributed by atoms with Crippen molar-refractivity contribution >= 4 is 11.8 Å². The summed E-state index contributed by atoms with van der Waals surface area (Å²) in [5.74, 6) is -0.146. The number of hydrogen-bond donors (Lipinski definition) is 1. The maximum atomic E-state index is 13.2. The van der Waals surface area contributed by atoms with E-state index in [1.54, 1.807) is 18.5 Å². The highest BCUT2D eigenvalue weighted by molar-refractivity contribution is 5.95. The van der Waals surface area contributed by atoms with Crippen LogP contribution in [0.15, 0.2) is 95.8 Å². The molecule has 4 aromatic rings. The molecule has 2 amide bonds. The Labute approximate surface area is 185 Å². The number of benzene rings is 2. The first-order valence-corrected chi connectivity index (χ1v) is 10.2. The SMILES string of the molecule is O=C(CN(Cc1ccccc1)C(=O)c1cc(-c2ccccc2)on1)NCc1ccncc1. The minimum Gasteiger partial charge on any atom is -0.355 e. The standard InChI is InChI=1S/C25H22N4O3/c30-24(27-16-19-11-13-26-14-12-19)18-29(17-20-7-3-1-4-8-20)25(31)22-15-23(32-28-22)21-9-5-2-6-10-21/h1-15H,16-18H2,(H,27,30). The summed E-state index contributed by atoms with van der Waals surface area (Å²) in [6.45, 7) is 0.527. The summed E-state index contributed by atoms with van der Waals surface area (Å²) < 4.78 is 5.38. The second-order valence-electron chi connectivity index (χ2n) is 7.22. The molecule has 2 aromatic heterocycles. The van der Waals surface area contributed by atoms with Gasteiger partial charge in [0.05, 0.1) is 0 Å². The van der Waals surface area contributed by atoms with E-state index in [2.05, 4.69) is 15.5 Å². The predicted octanol–water partition coefficient (Wildman–Crippen LogP) is 3.70. The van der Waals surface area contributed by atoms with Crippen LogP contribution in [0.1, 0.15) is 21.6 Å². The van der Waals surface area contributed by atoms with Crippen LogP contribution >= 0.6 is 0 Å². The first kappa shape index (κ1) is 21.0. The van der Waals surface area contributed by atoms with Crippen LogP contribution in [-0.2, 0) is 17.9 Å². The summed E-state index contributed by atoms with van der Waals surface area (Å²) in [5.41, 5.74) is 2.82. The number of hydrogen-bond acceptors (Lipinski definition) is 5. The summed E-state index contributed by atoms with van der Waals surface area (Å²) in [7, 11) is 0. The zero-order valence-electron chi connectivity index (χ0n) is 17.3. The van der Waals surface area contributed by atoms with Gasteiger partial charge >= 0.3 is 0 Å². The van der Waals surface area contributed by atoms with E-state index in [1.807, 2.05) is 72.8 Å². The molecular formula is C25H22N4O3. The molecule has 2 aromatic carbocycles. The maximum absolute atomic E-state index is 13.2. The Hall–Kier alpha value is -4.26. The molecule has 1 N–H and O–H groups in total. The van der Waals surface area contributed by atoms with Crippen molar-refractivity contribution < 1.29 is 14.1 Å². The molecule has 0 fully saturated rings. The third kappa shape index (κ3) is 5.46. The van der Waals surface area contributed by atoms with Gasteiger partial charge in [0.15, 0.2) is 11.5 Å². The van der Waals surface area contributed by atoms with Crippen molar-refractivity contribution in [1.82, 2.24) is 20.4 Å². The van der Waals surface area contributed by atoms with Gasteiger partial charge in [0.2, 0.25) is 5.91 Å². The normalized spacial score (nSPS) is 10.5. The molecule has 4 rings (SSSR count). The third-order valence-electron chi connectivity index (χ3n) is 4.86. The van der Waals surface area contributed by atoms with Crippen molar-refractivity contribution in [3.8, 4) is 11.3 Å². The fraction of sp³-hybridized carbons (Fsp3) is 0.120. The molecule has 0 radical (unpaired) electrons. The molecule has 0 unspecified atom stereocenters. The number of nitrogens with zero attached hydrogens (tertiary/aromatic N) is 3. The van der Waals surface area contributed by atoms with E-state index in [0.717, 1.165) is 16.7 Å². The van der Waals surface area contributed by atoms with Crippen LogP contribution in [0.2, 0.25) is 0 Å². The van der Waals surface area contributed by atoms with Crippen LogP contribution in [0.3, 0.4) is 0 Å². The molecule has 0 saturated carbocycles. The zero-order valence-corrected chi connectivity index (χ0v) is 17.3. The first-order valence-electron chi connectivity index (χ1n) is 10.2. The highest BCUT2D eigenvalue weighted by Crippen LogP contribution is 2.21. The lowest BCUT2D eigenvalue weighted by Gasteiger charge is -2.21. The number of carbonyl (C=O) groups is 2. The largest absolute Gasteiger partial charge is 0.355 e. The predicted molar refractivity (Wildman–Crippen MR) is 119 cm³/mol. The number of carbonyl (C=O) groups excluding carboxylic acids is 2. The number of amides is 2. The van der Waals surface area contributed by atoms with Crippen molar-refractivity contribution in [2.24, 2.45) is 0 Å². The van der Waals surface area contributed by atoms with Crippen molar-refractivity contribution in [3.05, 3.63) is 108 Å². The van der Waals surface area contributed by atoms with E-state index in [4.69, 9.17) is 4.52 Å². The molecule has 0 atom stereocenters. The Morgan fingerprint density at radius 3 is 2.28 bits per heavy atom. The highest BCUT2D eigenvalue weighted by atomic mass is 16.5. The number of rotatable bonds is 8. The van der Waals surface area contributed by atoms with Gasteiger partial charge in [0.1, 0.15) is 6.54 Å². The molecule has 2 heterocycles. The van der Waals surface area contributed by atoms with Crippen LogP contribution in [0.25, 0.3) is 11.3 Å². The average molecular weight is 426 g/mol. The molecule has 7 heteroatoms. The second-order valence-corrected chi connectivity index (χ2v) is 7.22. The molecule has 0 aliphatic carbocycles. The Morgan fingerprint density at radius 2 is 1.56 bits per heavy atom. The van der Waals surface area contributed by atoms with Crippen molar-refractivity contribution in [3.63, 3.8) is 0 Å². The lowest BCUT2D eigenvalue weighted by atomic mass is 10.1. The van der Waals surface area contributed by atoms with Gasteiger partial charge in [0, 0.05) is 37.1 Å². The molecule has 32 heavy (non-hydrogen) atoms. The van der Waals surface area contributed by atoms with Crippen LogP contribution in [0.4, 0.5) is 0 Å². The molecule has 0 saturated heterocycles. The van der Waals surface area contributed by atoms with Gasteiger partial charge in [-0.05, 0) is 23.3 Å². The molecule has 0 aliphatic heterocycles. The van der Waals surface area contributed by atoms with E-state index in [-0.39, 0.29) is 30.6 Å². The second kappa shape index (κ2) is 10.2. The lowest BCUT2D eigenvalue weighted by molar-refractivity contribution is -0.122. The Kier molecular flexibility index (Phi) is 6.67. The lowest BCUT2D eigenvalue weighted by Crippen LogP contribution is -2.40. The van der Waals surface area contributed by atoms with E-state index in [1.165, 1.54) is 4.90 Å². The molecule has 0 bridgehead atoms. The maximum Gasteiger partial charge on any atom is 0.276 e. The number of aromatic nitrogens is 2. The van der Waals surface area contributed by atoms with Crippen molar-refractivity contribution in [2.75, 3.05) is 6.54 Å². The van der Waals surface area contributed by atoms with Gasteiger partial charge in [-0.3, -0.25) is 14.6 Å². The van der Waals surface area contributed by atoms with Gasteiger partial charge < -0.3 is 14.7 Å². The van der Waals surface area contributed by atoms with Crippen LogP contribution in [-0.4, -0.2) is 33.4 Å². The summed E-state index contributed by atoms with van der Waals surface area (Å²) in [6.07, 6.45) is 3.34. The summed E-state index contributed by atoms with van der Waals surface area (Å²) in [4.78, 5) is 31.3. The molecular weight excluding hydrogens is 404 g/mol. The Balaban J connectivity index is 1.49. The topological polar surface area (TPSA) is 88.3 Å². The van der Waals surface area contributed by atoms with Gasteiger partial charge in [-0.1, -0.05) is 65.8 Å². The van der Waals surface area contributed by atoms with E-state index in [9.17, 15) is 9.59 Å². The molecule has 160 valence electrons. The van der Waals surface area contributed by atoms with Gasteiger partial charge in [-0.25, -0.2) is 0 Å². The minimum atomic E-state index is -0.376. The molecule has 0 spiro atoms. The summed E-state index contributed by atoms with van der Waals surface area (Å²) in [6, 6.07) is 24.2. The minimum absolute atomic E-state index is 0.105. The Bertz CT molecular complexity index is 1160. The highest BCUT2D eigenvalue weighted by Gasteiger charge is 2.23. The molecule has 0 aliphatic rings. The average Bonchev–Trinajstić information content (AvgIpc) is 3.34. The monoisotopic (exact) mass is 426 g/mol. The zero-order chi connectivity index (χ0) is 22.2. The fourth-order valence-corrected chi connectivity index (χ4v) is 3.21. The quantitative estimate of drug-likeness (QED) is 0.464. The van der Waals surface area contributed by atoms with Crippen molar-refractivity contribution in [1.29, 1.82) is 0 Å². The van der Waals surface area contributed by atoms with E-state index in [0.29, 0.717) is 12.3 Å². The molecule has 7 nitrogen and oxygen atoms in total. The number of pyridine rings is 1. The van der Waals surface area contributed by atoms with E-state index < -0.39 is 0 Å². The smallest absolute Gasteiger partial charge is 0.276 e. The van der Waals surface area contributed by atoms with Crippen LogP contribution in [0, 0.1) is 0 Å². The van der Waals surface area contributed by atoms with Crippen molar-refractivity contribution in [2.45, 2.75) is 13.1 Å². The van der Waals surface area contributed by atoms with E-state index >= 15 is 0 Å². The first-order chi connectivity index (χ1) is 15.7. The summed E-state index contributed by atoms with van der Waals surface area (Å²) >= 11 is 0.